The fraction of sp³-hybridized carbons (Fsp3) is 0.174. The number of nitrogens with zero attached hydrogens (tertiary/aromatic N) is 2. The van der Waals surface area contributed by atoms with Gasteiger partial charge < -0.3 is 9.47 Å². The number of rotatable bonds is 6. The van der Waals surface area contributed by atoms with Crippen LogP contribution in [0, 0.1) is 0 Å². The number of methoxy groups -OCH3 is 1. The van der Waals surface area contributed by atoms with E-state index < -0.39 is 12.0 Å². The van der Waals surface area contributed by atoms with Gasteiger partial charge in [0.25, 0.3) is 5.56 Å². The number of carbonyl (C=O) groups excluding carboxylic acids is 1. The molecule has 0 fully saturated rings. The molecule has 158 valence electrons. The average molecular weight is 453 g/mol. The molecule has 0 aliphatic carbocycles. The van der Waals surface area contributed by atoms with Gasteiger partial charge in [-0.25, -0.2) is 9.79 Å². The van der Waals surface area contributed by atoms with Crippen molar-refractivity contribution in [2.45, 2.75) is 13.0 Å². The second kappa shape index (κ2) is 8.87. The monoisotopic (exact) mass is 452 g/mol. The van der Waals surface area contributed by atoms with Crippen molar-refractivity contribution in [3.8, 4) is 5.75 Å². The van der Waals surface area contributed by atoms with Crippen molar-refractivity contribution in [2.75, 3.05) is 13.7 Å². The first-order valence-corrected chi connectivity index (χ1v) is 11.2. The Balaban J connectivity index is 1.83. The van der Waals surface area contributed by atoms with Crippen LogP contribution in [0.2, 0.25) is 0 Å². The third kappa shape index (κ3) is 4.04. The standard InChI is InChI=1S/C23H20N2O4S2/c1-4-11-29-16-9-7-15(8-10-16)13-18-21(26)25-20(17-6-5-12-30-17)19(22(27)28-3)14(2)24-23(25)31-18/h4-10,12-13,20H,1,11H2,2-3H3/b18-13+/t20-/m0/s1. The number of allylic oxidation sites excluding steroid dienone is 1. The minimum Gasteiger partial charge on any atom is -0.490 e. The van der Waals surface area contributed by atoms with Gasteiger partial charge in [0.15, 0.2) is 4.80 Å². The van der Waals surface area contributed by atoms with Gasteiger partial charge in [-0.1, -0.05) is 42.2 Å². The van der Waals surface area contributed by atoms with Crippen LogP contribution in [0.4, 0.5) is 0 Å². The Bertz CT molecular complexity index is 1330. The van der Waals surface area contributed by atoms with Crippen LogP contribution >= 0.6 is 22.7 Å². The highest BCUT2D eigenvalue weighted by atomic mass is 32.1. The van der Waals surface area contributed by atoms with E-state index >= 15 is 0 Å². The Morgan fingerprint density at radius 3 is 2.71 bits per heavy atom. The molecule has 31 heavy (non-hydrogen) atoms. The second-order valence-electron chi connectivity index (χ2n) is 6.76. The van der Waals surface area contributed by atoms with Crippen LogP contribution in [0.1, 0.15) is 23.4 Å². The Kier molecular flexibility index (Phi) is 6.01. The minimum atomic E-state index is -0.555. The number of thiazole rings is 1. The molecule has 3 aromatic rings. The number of hydrogen-bond acceptors (Lipinski definition) is 7. The summed E-state index contributed by atoms with van der Waals surface area (Å²) in [7, 11) is 1.33. The highest BCUT2D eigenvalue weighted by Crippen LogP contribution is 2.32. The summed E-state index contributed by atoms with van der Waals surface area (Å²) in [4.78, 5) is 31.9. The van der Waals surface area contributed by atoms with E-state index in [1.165, 1.54) is 29.8 Å². The molecule has 1 aliphatic heterocycles. The van der Waals surface area contributed by atoms with Crippen LogP contribution in [0.3, 0.4) is 0 Å². The molecular weight excluding hydrogens is 432 g/mol. The first-order chi connectivity index (χ1) is 15.0. The third-order valence-electron chi connectivity index (χ3n) is 4.79. The molecule has 1 aliphatic rings. The fourth-order valence-electron chi connectivity index (χ4n) is 3.38. The molecule has 6 nitrogen and oxygen atoms in total. The summed E-state index contributed by atoms with van der Waals surface area (Å²) in [6.07, 6.45) is 3.51. The summed E-state index contributed by atoms with van der Waals surface area (Å²) >= 11 is 2.79. The zero-order chi connectivity index (χ0) is 22.0. The van der Waals surface area contributed by atoms with Crippen molar-refractivity contribution in [1.82, 2.24) is 4.57 Å². The SMILES string of the molecule is C=CCOc1ccc(/C=c2/sc3n(c2=O)[C@@H](c2cccs2)C(C(=O)OC)=C(C)N=3)cc1. The van der Waals surface area contributed by atoms with E-state index in [4.69, 9.17) is 9.47 Å². The quantitative estimate of drug-likeness (QED) is 0.426. The van der Waals surface area contributed by atoms with Crippen LogP contribution in [-0.2, 0) is 9.53 Å². The lowest BCUT2D eigenvalue weighted by Crippen LogP contribution is -2.39. The predicted molar refractivity (Wildman–Crippen MR) is 122 cm³/mol. The van der Waals surface area contributed by atoms with Gasteiger partial charge in [0.1, 0.15) is 18.4 Å². The summed E-state index contributed by atoms with van der Waals surface area (Å²) in [6, 6.07) is 10.7. The summed E-state index contributed by atoms with van der Waals surface area (Å²) < 4.78 is 12.6. The molecule has 0 unspecified atom stereocenters. The van der Waals surface area contributed by atoms with Crippen molar-refractivity contribution in [1.29, 1.82) is 0 Å². The maximum Gasteiger partial charge on any atom is 0.338 e. The molecule has 0 radical (unpaired) electrons. The van der Waals surface area contributed by atoms with E-state index in [2.05, 4.69) is 11.6 Å². The molecule has 0 spiro atoms. The number of ether oxygens (including phenoxy) is 2. The predicted octanol–water partition coefficient (Wildman–Crippen LogP) is 3.03. The van der Waals surface area contributed by atoms with E-state index in [-0.39, 0.29) is 5.56 Å². The Morgan fingerprint density at radius 1 is 1.29 bits per heavy atom. The lowest BCUT2D eigenvalue weighted by molar-refractivity contribution is -0.136. The first kappa shape index (κ1) is 21.0. The summed E-state index contributed by atoms with van der Waals surface area (Å²) in [5, 5.41) is 1.92. The van der Waals surface area contributed by atoms with Crippen LogP contribution in [-0.4, -0.2) is 24.3 Å². The molecule has 0 N–H and O–H groups in total. The van der Waals surface area contributed by atoms with E-state index in [1.807, 2.05) is 47.9 Å². The Hall–Kier alpha value is -3.23. The normalized spacial score (nSPS) is 15.9. The van der Waals surface area contributed by atoms with Gasteiger partial charge in [-0.05, 0) is 42.1 Å². The Labute approximate surface area is 186 Å². The van der Waals surface area contributed by atoms with Crippen LogP contribution in [0.5, 0.6) is 5.75 Å². The lowest BCUT2D eigenvalue weighted by atomic mass is 10.0. The second-order valence-corrected chi connectivity index (χ2v) is 8.75. The molecule has 3 heterocycles. The topological polar surface area (TPSA) is 69.9 Å². The molecule has 4 rings (SSSR count). The van der Waals surface area contributed by atoms with Gasteiger partial charge in [0, 0.05) is 4.88 Å². The van der Waals surface area contributed by atoms with Gasteiger partial charge >= 0.3 is 5.97 Å². The maximum absolute atomic E-state index is 13.4. The molecule has 2 aromatic heterocycles. The van der Waals surface area contributed by atoms with Gasteiger partial charge in [-0.2, -0.15) is 0 Å². The van der Waals surface area contributed by atoms with Crippen molar-refractivity contribution >= 4 is 34.7 Å². The van der Waals surface area contributed by atoms with E-state index in [1.54, 1.807) is 17.6 Å². The number of thiophene rings is 1. The number of benzene rings is 1. The highest BCUT2D eigenvalue weighted by molar-refractivity contribution is 7.10. The van der Waals surface area contributed by atoms with Gasteiger partial charge in [0.2, 0.25) is 0 Å². The summed E-state index contributed by atoms with van der Waals surface area (Å²) in [5.74, 6) is 0.249. The van der Waals surface area contributed by atoms with E-state index in [0.717, 1.165) is 16.2 Å². The fourth-order valence-corrected chi connectivity index (χ4v) is 5.25. The molecule has 8 heteroatoms. The van der Waals surface area contributed by atoms with Gasteiger partial charge in [-0.15, -0.1) is 11.3 Å². The first-order valence-electron chi connectivity index (χ1n) is 9.51. The van der Waals surface area contributed by atoms with Gasteiger partial charge in [-0.3, -0.25) is 9.36 Å². The van der Waals surface area contributed by atoms with Crippen LogP contribution in [0.15, 0.2) is 75.5 Å². The maximum atomic E-state index is 13.4. The number of aromatic nitrogens is 1. The van der Waals surface area contributed by atoms with Crippen molar-refractivity contribution in [2.24, 2.45) is 4.99 Å². The minimum absolute atomic E-state index is 0.192. The molecule has 0 saturated carbocycles. The molecule has 1 aromatic carbocycles. The van der Waals surface area contributed by atoms with E-state index in [0.29, 0.717) is 27.2 Å². The zero-order valence-corrected chi connectivity index (χ0v) is 18.7. The molecule has 0 amide bonds. The largest absolute Gasteiger partial charge is 0.490 e. The number of carbonyl (C=O) groups is 1. The smallest absolute Gasteiger partial charge is 0.338 e. The van der Waals surface area contributed by atoms with Crippen molar-refractivity contribution in [3.05, 3.63) is 95.8 Å². The van der Waals surface area contributed by atoms with Crippen molar-refractivity contribution in [3.63, 3.8) is 0 Å². The number of esters is 1. The van der Waals surface area contributed by atoms with Crippen molar-refractivity contribution < 1.29 is 14.3 Å². The molecular formula is C23H20N2O4S2. The lowest BCUT2D eigenvalue weighted by Gasteiger charge is -2.22. The summed E-state index contributed by atoms with van der Waals surface area (Å²) in [6.45, 7) is 5.84. The molecule has 0 saturated heterocycles. The van der Waals surface area contributed by atoms with Crippen LogP contribution < -0.4 is 19.6 Å². The van der Waals surface area contributed by atoms with E-state index in [9.17, 15) is 9.59 Å². The highest BCUT2D eigenvalue weighted by Gasteiger charge is 2.33. The number of hydrogen-bond donors (Lipinski definition) is 0. The summed E-state index contributed by atoms with van der Waals surface area (Å²) in [5.41, 5.74) is 1.62. The number of fused-ring (bicyclic) bond motifs is 1. The Morgan fingerprint density at radius 2 is 2.06 bits per heavy atom. The average Bonchev–Trinajstić information content (AvgIpc) is 3.41. The molecule has 0 bridgehead atoms. The molecule has 1 atom stereocenters. The van der Waals surface area contributed by atoms with Gasteiger partial charge in [0.05, 0.1) is 22.9 Å². The zero-order valence-electron chi connectivity index (χ0n) is 17.0. The van der Waals surface area contributed by atoms with Crippen LogP contribution in [0.25, 0.3) is 6.08 Å². The third-order valence-corrected chi connectivity index (χ3v) is 6.69.